The van der Waals surface area contributed by atoms with Gasteiger partial charge in [0.25, 0.3) is 0 Å². The Morgan fingerprint density at radius 1 is 1.38 bits per heavy atom. The van der Waals surface area contributed by atoms with Crippen molar-refractivity contribution in [3.63, 3.8) is 0 Å². The number of rotatable bonds is 0. The lowest BCUT2D eigenvalue weighted by Gasteiger charge is -2.30. The van der Waals surface area contributed by atoms with Crippen molar-refractivity contribution in [2.75, 3.05) is 6.54 Å². The van der Waals surface area contributed by atoms with Crippen molar-refractivity contribution >= 4 is 5.91 Å². The van der Waals surface area contributed by atoms with Gasteiger partial charge in [0.05, 0.1) is 6.54 Å². The molecule has 0 saturated carbocycles. The highest BCUT2D eigenvalue weighted by Gasteiger charge is 2.26. The van der Waals surface area contributed by atoms with Crippen molar-refractivity contribution in [1.29, 1.82) is 0 Å². The number of carbonyl (C=O) groups excluding carboxylic acids is 1. The van der Waals surface area contributed by atoms with Crippen LogP contribution in [0, 0.1) is 0 Å². The predicted molar refractivity (Wildman–Crippen MR) is 62.0 cm³/mol. The van der Waals surface area contributed by atoms with E-state index in [1.54, 1.807) is 6.92 Å². The van der Waals surface area contributed by atoms with Gasteiger partial charge in [0, 0.05) is 37.3 Å². The van der Waals surface area contributed by atoms with E-state index in [1.165, 1.54) is 5.69 Å². The first-order chi connectivity index (χ1) is 7.39. The molecule has 0 unspecified atom stereocenters. The third kappa shape index (κ3) is 1.84. The van der Waals surface area contributed by atoms with E-state index in [0.29, 0.717) is 6.54 Å². The van der Waals surface area contributed by atoms with Gasteiger partial charge in [-0.3, -0.25) is 4.79 Å². The molecule has 0 bridgehead atoms. The van der Waals surface area contributed by atoms with Crippen LogP contribution in [0.25, 0.3) is 0 Å². The van der Waals surface area contributed by atoms with Gasteiger partial charge in [-0.25, -0.2) is 4.98 Å². The van der Waals surface area contributed by atoms with Gasteiger partial charge in [0.1, 0.15) is 5.82 Å². The Bertz CT molecular complexity index is 414. The second-order valence-electron chi connectivity index (χ2n) is 5.40. The third-order valence-corrected chi connectivity index (χ3v) is 3.08. The fourth-order valence-corrected chi connectivity index (χ4v) is 2.13. The number of hydrogen-bond donors (Lipinski definition) is 0. The van der Waals surface area contributed by atoms with Crippen molar-refractivity contribution in [3.05, 3.63) is 17.7 Å². The highest BCUT2D eigenvalue weighted by atomic mass is 16.2. The molecule has 0 atom stereocenters. The summed E-state index contributed by atoms with van der Waals surface area (Å²) in [6, 6.07) is 0. The SMILES string of the molecule is CC(=O)N1CCn2c(C(C)(C)C)cnc2C1. The number of aromatic nitrogens is 2. The molecule has 0 aromatic carbocycles. The molecule has 0 N–H and O–H groups in total. The fraction of sp³-hybridized carbons (Fsp3) is 0.667. The Labute approximate surface area is 96.3 Å². The minimum atomic E-state index is 0.115. The highest BCUT2D eigenvalue weighted by Crippen LogP contribution is 2.25. The van der Waals surface area contributed by atoms with Gasteiger partial charge in [-0.2, -0.15) is 0 Å². The van der Waals surface area contributed by atoms with Crippen LogP contribution in [0.4, 0.5) is 0 Å². The van der Waals surface area contributed by atoms with Gasteiger partial charge in [-0.1, -0.05) is 20.8 Å². The summed E-state index contributed by atoms with van der Waals surface area (Å²) in [5.41, 5.74) is 1.37. The topological polar surface area (TPSA) is 38.1 Å². The summed E-state index contributed by atoms with van der Waals surface area (Å²) in [5.74, 6) is 1.14. The molecule has 0 aliphatic carbocycles. The first-order valence-electron chi connectivity index (χ1n) is 5.70. The number of hydrogen-bond acceptors (Lipinski definition) is 2. The summed E-state index contributed by atoms with van der Waals surface area (Å²) in [5, 5.41) is 0. The van der Waals surface area contributed by atoms with Gasteiger partial charge in [0.2, 0.25) is 5.91 Å². The normalized spacial score (nSPS) is 16.1. The molecule has 1 aromatic heterocycles. The van der Waals surface area contributed by atoms with Gasteiger partial charge < -0.3 is 9.47 Å². The fourth-order valence-electron chi connectivity index (χ4n) is 2.13. The highest BCUT2D eigenvalue weighted by molar-refractivity contribution is 5.73. The molecule has 0 radical (unpaired) electrons. The van der Waals surface area contributed by atoms with Crippen molar-refractivity contribution in [2.45, 2.75) is 46.2 Å². The van der Waals surface area contributed by atoms with Crippen LogP contribution in [-0.2, 0) is 23.3 Å². The zero-order valence-electron chi connectivity index (χ0n) is 10.4. The van der Waals surface area contributed by atoms with Crippen molar-refractivity contribution in [1.82, 2.24) is 14.5 Å². The van der Waals surface area contributed by atoms with E-state index in [2.05, 4.69) is 30.3 Å². The van der Waals surface area contributed by atoms with E-state index in [9.17, 15) is 4.79 Å². The largest absolute Gasteiger partial charge is 0.334 e. The van der Waals surface area contributed by atoms with Crippen molar-refractivity contribution in [3.8, 4) is 0 Å². The quantitative estimate of drug-likeness (QED) is 0.666. The number of amides is 1. The molecule has 1 aliphatic rings. The van der Waals surface area contributed by atoms with Crippen LogP contribution >= 0.6 is 0 Å². The van der Waals surface area contributed by atoms with Crippen molar-refractivity contribution < 1.29 is 4.79 Å². The van der Waals surface area contributed by atoms with Crippen LogP contribution in [0.15, 0.2) is 6.20 Å². The van der Waals surface area contributed by atoms with E-state index < -0.39 is 0 Å². The Kier molecular flexibility index (Phi) is 2.52. The second kappa shape index (κ2) is 3.61. The molecule has 0 spiro atoms. The Morgan fingerprint density at radius 2 is 2.06 bits per heavy atom. The average molecular weight is 221 g/mol. The molecule has 0 fully saturated rings. The maximum atomic E-state index is 11.3. The first-order valence-corrected chi connectivity index (χ1v) is 5.70. The Hall–Kier alpha value is -1.32. The third-order valence-electron chi connectivity index (χ3n) is 3.08. The monoisotopic (exact) mass is 221 g/mol. The zero-order chi connectivity index (χ0) is 11.9. The van der Waals surface area contributed by atoms with Crippen LogP contribution < -0.4 is 0 Å². The standard InChI is InChI=1S/C12H19N3O/c1-9(16)14-5-6-15-10(12(2,3)4)7-13-11(15)8-14/h7H,5-6,8H2,1-4H3. The molecule has 0 saturated heterocycles. The van der Waals surface area contributed by atoms with E-state index in [4.69, 9.17) is 0 Å². The maximum absolute atomic E-state index is 11.3. The van der Waals surface area contributed by atoms with Gasteiger partial charge in [0.15, 0.2) is 0 Å². The molecule has 4 heteroatoms. The summed E-state index contributed by atoms with van der Waals surface area (Å²) in [7, 11) is 0. The number of fused-ring (bicyclic) bond motifs is 1. The molecule has 2 heterocycles. The molecule has 1 aliphatic heterocycles. The smallest absolute Gasteiger partial charge is 0.219 e. The lowest BCUT2D eigenvalue weighted by molar-refractivity contribution is -0.130. The van der Waals surface area contributed by atoms with Gasteiger partial charge in [-0.05, 0) is 0 Å². The summed E-state index contributed by atoms with van der Waals surface area (Å²) in [6.07, 6.45) is 1.94. The molecule has 4 nitrogen and oxygen atoms in total. The Morgan fingerprint density at radius 3 is 2.62 bits per heavy atom. The van der Waals surface area contributed by atoms with E-state index in [0.717, 1.165) is 18.9 Å². The molecule has 1 aromatic rings. The van der Waals surface area contributed by atoms with Crippen LogP contribution in [0.1, 0.15) is 39.2 Å². The summed E-state index contributed by atoms with van der Waals surface area (Å²) in [6.45, 7) is 10.5. The van der Waals surface area contributed by atoms with E-state index >= 15 is 0 Å². The Balaban J connectivity index is 2.31. The number of carbonyl (C=O) groups is 1. The van der Waals surface area contributed by atoms with Crippen LogP contribution in [-0.4, -0.2) is 26.9 Å². The molecule has 88 valence electrons. The molecule has 2 rings (SSSR count). The minimum Gasteiger partial charge on any atom is -0.334 e. The summed E-state index contributed by atoms with van der Waals surface area (Å²) < 4.78 is 2.25. The number of imidazole rings is 1. The summed E-state index contributed by atoms with van der Waals surface area (Å²) in [4.78, 5) is 17.6. The molecule has 1 amide bonds. The van der Waals surface area contributed by atoms with Crippen molar-refractivity contribution in [2.24, 2.45) is 0 Å². The molecular formula is C12H19N3O. The molecular weight excluding hydrogens is 202 g/mol. The summed E-state index contributed by atoms with van der Waals surface area (Å²) >= 11 is 0. The van der Waals surface area contributed by atoms with E-state index in [1.807, 2.05) is 11.1 Å². The van der Waals surface area contributed by atoms with Crippen LogP contribution in [0.5, 0.6) is 0 Å². The van der Waals surface area contributed by atoms with Gasteiger partial charge in [-0.15, -0.1) is 0 Å². The van der Waals surface area contributed by atoms with E-state index in [-0.39, 0.29) is 11.3 Å². The predicted octanol–water partition coefficient (Wildman–Crippen LogP) is 1.54. The van der Waals surface area contributed by atoms with Crippen LogP contribution in [0.2, 0.25) is 0 Å². The lowest BCUT2D eigenvalue weighted by atomic mass is 9.92. The number of nitrogens with zero attached hydrogens (tertiary/aromatic N) is 3. The van der Waals surface area contributed by atoms with Gasteiger partial charge >= 0.3 is 0 Å². The zero-order valence-corrected chi connectivity index (χ0v) is 10.4. The molecule has 16 heavy (non-hydrogen) atoms. The van der Waals surface area contributed by atoms with Crippen LogP contribution in [0.3, 0.4) is 0 Å². The minimum absolute atomic E-state index is 0.115. The maximum Gasteiger partial charge on any atom is 0.219 e. The lowest BCUT2D eigenvalue weighted by Crippen LogP contribution is -2.38. The first kappa shape index (κ1) is 11.2. The second-order valence-corrected chi connectivity index (χ2v) is 5.40. The average Bonchev–Trinajstić information content (AvgIpc) is 2.58.